The Morgan fingerprint density at radius 2 is 2.05 bits per heavy atom. The molecule has 37 heavy (non-hydrogen) atoms. The van der Waals surface area contributed by atoms with Crippen LogP contribution in [-0.4, -0.2) is 50.4 Å². The first kappa shape index (κ1) is 24.6. The number of amides is 1. The second kappa shape index (κ2) is 10.1. The van der Waals surface area contributed by atoms with Gasteiger partial charge in [-0.05, 0) is 57.5 Å². The van der Waals surface area contributed by atoms with Crippen LogP contribution < -0.4 is 10.2 Å². The summed E-state index contributed by atoms with van der Waals surface area (Å²) in [7, 11) is 0. The number of nitrogens with zero attached hydrogens (tertiary/aromatic N) is 6. The van der Waals surface area contributed by atoms with Crippen molar-refractivity contribution >= 4 is 29.2 Å². The van der Waals surface area contributed by atoms with E-state index in [1.54, 1.807) is 16.9 Å². The van der Waals surface area contributed by atoms with Crippen molar-refractivity contribution < 1.29 is 9.53 Å². The number of anilines is 1. The lowest BCUT2D eigenvalue weighted by atomic mass is 10.1. The molecule has 0 aliphatic carbocycles. The van der Waals surface area contributed by atoms with E-state index in [0.29, 0.717) is 12.1 Å². The summed E-state index contributed by atoms with van der Waals surface area (Å²) < 4.78 is 7.11. The molecule has 4 aromatic rings. The van der Waals surface area contributed by atoms with Crippen molar-refractivity contribution in [1.82, 2.24) is 24.9 Å². The Hall–Kier alpha value is -4.10. The fraction of sp³-hybridized carbons (Fsp3) is 0.296. The topological polar surface area (TPSA) is 108 Å². The van der Waals surface area contributed by atoms with Gasteiger partial charge in [0.15, 0.2) is 0 Å². The van der Waals surface area contributed by atoms with Gasteiger partial charge in [0, 0.05) is 47.7 Å². The first-order chi connectivity index (χ1) is 17.8. The number of hydrogen-bond acceptors (Lipinski definition) is 8. The van der Waals surface area contributed by atoms with Gasteiger partial charge < -0.3 is 15.0 Å². The minimum atomic E-state index is -0.523. The van der Waals surface area contributed by atoms with Gasteiger partial charge in [-0.15, -0.1) is 0 Å². The van der Waals surface area contributed by atoms with E-state index in [9.17, 15) is 10.1 Å². The summed E-state index contributed by atoms with van der Waals surface area (Å²) in [4.78, 5) is 24.3. The molecular weight excluding hydrogens is 486 g/mol. The van der Waals surface area contributed by atoms with Crippen molar-refractivity contribution in [2.45, 2.75) is 48.8 Å². The first-order valence-corrected chi connectivity index (χ1v) is 12.8. The van der Waals surface area contributed by atoms with Crippen molar-refractivity contribution in [3.8, 4) is 17.2 Å². The van der Waals surface area contributed by atoms with E-state index in [1.165, 1.54) is 11.8 Å². The highest BCUT2D eigenvalue weighted by molar-refractivity contribution is 7.99. The molecule has 10 heteroatoms. The van der Waals surface area contributed by atoms with E-state index in [0.717, 1.165) is 45.3 Å². The number of rotatable bonds is 5. The fourth-order valence-electron chi connectivity index (χ4n) is 4.23. The largest absolute Gasteiger partial charge is 0.444 e. The van der Waals surface area contributed by atoms with Gasteiger partial charge in [-0.3, -0.25) is 0 Å². The zero-order valence-electron chi connectivity index (χ0n) is 20.9. The molecule has 0 saturated carbocycles. The predicted molar refractivity (Wildman–Crippen MR) is 141 cm³/mol. The summed E-state index contributed by atoms with van der Waals surface area (Å²) in [5, 5.41) is 17.8. The molecule has 188 valence electrons. The third-order valence-corrected chi connectivity index (χ3v) is 6.85. The van der Waals surface area contributed by atoms with Crippen molar-refractivity contribution in [1.29, 1.82) is 5.26 Å². The predicted octanol–water partition coefficient (Wildman–Crippen LogP) is 4.92. The zero-order valence-corrected chi connectivity index (χ0v) is 21.7. The molecule has 1 amide bonds. The summed E-state index contributed by atoms with van der Waals surface area (Å²) in [6.45, 7) is 7.03. The number of alkyl carbamates (subject to hydrolysis) is 1. The molecule has 0 aromatic carbocycles. The maximum absolute atomic E-state index is 12.1. The van der Waals surface area contributed by atoms with Crippen LogP contribution in [0.15, 0.2) is 71.1 Å². The van der Waals surface area contributed by atoms with E-state index in [4.69, 9.17) is 9.72 Å². The van der Waals surface area contributed by atoms with Crippen LogP contribution in [-0.2, 0) is 4.74 Å². The van der Waals surface area contributed by atoms with Gasteiger partial charge in [-0.2, -0.15) is 10.4 Å². The second-order valence-electron chi connectivity index (χ2n) is 9.81. The molecule has 5 heterocycles. The molecule has 1 fully saturated rings. The van der Waals surface area contributed by atoms with Gasteiger partial charge in [-0.25, -0.2) is 19.3 Å². The van der Waals surface area contributed by atoms with Crippen molar-refractivity contribution in [2.24, 2.45) is 0 Å². The summed E-state index contributed by atoms with van der Waals surface area (Å²) >= 11 is 1.50. The zero-order chi connectivity index (χ0) is 26.0. The molecule has 1 aliphatic heterocycles. The monoisotopic (exact) mass is 513 g/mol. The van der Waals surface area contributed by atoms with Crippen LogP contribution >= 0.6 is 11.8 Å². The highest BCUT2D eigenvalue weighted by atomic mass is 32.2. The third kappa shape index (κ3) is 5.67. The molecule has 5 rings (SSSR count). The van der Waals surface area contributed by atoms with E-state index in [2.05, 4.69) is 26.4 Å². The van der Waals surface area contributed by atoms with Crippen LogP contribution in [0.5, 0.6) is 0 Å². The number of carbonyl (C=O) groups is 1. The highest BCUT2D eigenvalue weighted by Crippen LogP contribution is 2.35. The lowest BCUT2D eigenvalue weighted by Gasteiger charge is -2.22. The highest BCUT2D eigenvalue weighted by Gasteiger charge is 2.27. The van der Waals surface area contributed by atoms with Gasteiger partial charge in [0.2, 0.25) is 0 Å². The fourth-order valence-corrected chi connectivity index (χ4v) is 5.20. The van der Waals surface area contributed by atoms with Crippen LogP contribution in [0, 0.1) is 11.3 Å². The quantitative estimate of drug-likeness (QED) is 0.401. The Kier molecular flexibility index (Phi) is 6.72. The second-order valence-corrected chi connectivity index (χ2v) is 10.9. The van der Waals surface area contributed by atoms with Crippen molar-refractivity contribution in [3.05, 3.63) is 66.7 Å². The van der Waals surface area contributed by atoms with E-state index < -0.39 is 11.7 Å². The molecular formula is C27H27N7O2S. The summed E-state index contributed by atoms with van der Waals surface area (Å²) in [5.41, 5.74) is 2.62. The Morgan fingerprint density at radius 3 is 2.76 bits per heavy atom. The maximum atomic E-state index is 12.1. The molecule has 1 atom stereocenters. The smallest absolute Gasteiger partial charge is 0.407 e. The van der Waals surface area contributed by atoms with Crippen LogP contribution in [0.2, 0.25) is 0 Å². The molecule has 0 bridgehead atoms. The molecule has 9 nitrogen and oxygen atoms in total. The number of hydrogen-bond donors (Lipinski definition) is 1. The van der Waals surface area contributed by atoms with E-state index in [-0.39, 0.29) is 6.04 Å². The Labute approximate surface area is 219 Å². The molecule has 1 aliphatic rings. The number of ether oxygens (including phenoxy) is 1. The van der Waals surface area contributed by atoms with Crippen LogP contribution in [0.3, 0.4) is 0 Å². The molecule has 1 unspecified atom stereocenters. The number of carbonyl (C=O) groups excluding carboxylic acids is 1. The normalized spacial score (nSPS) is 15.5. The third-order valence-electron chi connectivity index (χ3n) is 5.86. The lowest BCUT2D eigenvalue weighted by Crippen LogP contribution is -2.40. The lowest BCUT2D eigenvalue weighted by molar-refractivity contribution is 0.0509. The van der Waals surface area contributed by atoms with Crippen molar-refractivity contribution in [2.75, 3.05) is 18.0 Å². The molecule has 0 spiro atoms. The molecule has 0 radical (unpaired) electrons. The SMILES string of the molecule is CC(C)(C)OC(=O)NC1CCN(c2ccc(-c3cc(Sc4ccccn4)c4c(C#N)cnn4c3)cn2)C1. The average molecular weight is 514 g/mol. The Balaban J connectivity index is 1.35. The Bertz CT molecular complexity index is 1460. The van der Waals surface area contributed by atoms with Crippen LogP contribution in [0.4, 0.5) is 10.6 Å². The first-order valence-electron chi connectivity index (χ1n) is 12.0. The van der Waals surface area contributed by atoms with Crippen molar-refractivity contribution in [3.63, 3.8) is 0 Å². The van der Waals surface area contributed by atoms with Gasteiger partial charge in [-0.1, -0.05) is 17.8 Å². The minimum absolute atomic E-state index is 0.0130. The average Bonchev–Trinajstić information content (AvgIpc) is 3.50. The number of fused-ring (bicyclic) bond motifs is 1. The van der Waals surface area contributed by atoms with Gasteiger partial charge in [0.05, 0.1) is 23.3 Å². The standard InChI is InChI=1S/C27H27N7O2S/c1-27(2,3)36-26(35)32-21-9-11-33(17-21)23-8-7-18(14-30-23)19-12-22(37-24-6-4-5-10-29-24)25-20(13-28)15-31-34(25)16-19/h4-8,10,12,14-16,21H,9,11,17H2,1-3H3,(H,32,35). The minimum Gasteiger partial charge on any atom is -0.444 e. The maximum Gasteiger partial charge on any atom is 0.407 e. The van der Waals surface area contributed by atoms with E-state index >= 15 is 0 Å². The molecule has 1 N–H and O–H groups in total. The number of nitriles is 1. The summed E-state index contributed by atoms with van der Waals surface area (Å²) in [5.74, 6) is 0.854. The summed E-state index contributed by atoms with van der Waals surface area (Å²) in [6, 6.07) is 14.1. The van der Waals surface area contributed by atoms with Gasteiger partial charge >= 0.3 is 6.09 Å². The molecule has 1 saturated heterocycles. The van der Waals surface area contributed by atoms with Crippen LogP contribution in [0.25, 0.3) is 16.6 Å². The number of pyridine rings is 3. The Morgan fingerprint density at radius 1 is 1.19 bits per heavy atom. The van der Waals surface area contributed by atoms with Gasteiger partial charge in [0.25, 0.3) is 0 Å². The van der Waals surface area contributed by atoms with Crippen LogP contribution in [0.1, 0.15) is 32.8 Å². The van der Waals surface area contributed by atoms with E-state index in [1.807, 2.05) is 69.6 Å². The molecule has 4 aromatic heterocycles. The van der Waals surface area contributed by atoms with Gasteiger partial charge in [0.1, 0.15) is 22.5 Å². The number of nitrogens with one attached hydrogen (secondary N) is 1. The summed E-state index contributed by atoms with van der Waals surface area (Å²) in [6.07, 6.45) is 7.52. The number of aromatic nitrogens is 4.